The van der Waals surface area contributed by atoms with Gasteiger partial charge in [0.05, 0.1) is 11.9 Å². The summed E-state index contributed by atoms with van der Waals surface area (Å²) in [5.41, 5.74) is 3.87. The van der Waals surface area contributed by atoms with Crippen LogP contribution in [0.4, 0.5) is 0 Å². The zero-order valence-electron chi connectivity index (χ0n) is 10.9. The van der Waals surface area contributed by atoms with Gasteiger partial charge < -0.3 is 4.74 Å². The molecule has 18 heavy (non-hydrogen) atoms. The first-order valence-electron chi connectivity index (χ1n) is 6.02. The number of alkyl halides is 1. The Labute approximate surface area is 121 Å². The van der Waals surface area contributed by atoms with Crippen LogP contribution in [-0.4, -0.2) is 7.11 Å². The Hall–Kier alpha value is -0.800. The molecular weight excluding hydrogens is 308 g/mol. The molecule has 2 rings (SSSR count). The van der Waals surface area contributed by atoms with Gasteiger partial charge in [-0.1, -0.05) is 40.5 Å². The predicted molar refractivity (Wildman–Crippen MR) is 82.2 cm³/mol. The maximum absolute atomic E-state index is 5.47. The molecule has 0 radical (unpaired) electrons. The highest BCUT2D eigenvalue weighted by Crippen LogP contribution is 2.41. The molecule has 1 atom stereocenters. The lowest BCUT2D eigenvalue weighted by molar-refractivity contribution is 0.410. The summed E-state index contributed by atoms with van der Waals surface area (Å²) in [6, 6.07) is 8.52. The van der Waals surface area contributed by atoms with E-state index in [0.29, 0.717) is 0 Å². The lowest BCUT2D eigenvalue weighted by Gasteiger charge is -2.15. The molecule has 0 aliphatic heterocycles. The third-order valence-corrected chi connectivity index (χ3v) is 5.33. The number of ether oxygens (including phenoxy) is 1. The number of aryl methyl sites for hydroxylation is 2. The summed E-state index contributed by atoms with van der Waals surface area (Å²) >= 11 is 5.62. The van der Waals surface area contributed by atoms with Crippen LogP contribution in [0.15, 0.2) is 29.6 Å². The van der Waals surface area contributed by atoms with Crippen LogP contribution in [0.25, 0.3) is 0 Å². The van der Waals surface area contributed by atoms with Crippen molar-refractivity contribution >= 4 is 27.3 Å². The maximum atomic E-state index is 5.47. The molecular formula is C15H17BrOS. The van der Waals surface area contributed by atoms with E-state index < -0.39 is 0 Å². The molecule has 1 nitrogen and oxygen atoms in total. The molecule has 1 unspecified atom stereocenters. The van der Waals surface area contributed by atoms with Crippen molar-refractivity contribution < 1.29 is 4.74 Å². The van der Waals surface area contributed by atoms with Crippen LogP contribution in [0.2, 0.25) is 0 Å². The first kappa shape index (κ1) is 13.6. The summed E-state index contributed by atoms with van der Waals surface area (Å²) < 4.78 is 5.47. The van der Waals surface area contributed by atoms with E-state index in [1.165, 1.54) is 21.6 Å². The number of hydrogen-bond acceptors (Lipinski definition) is 2. The molecule has 0 amide bonds. The van der Waals surface area contributed by atoms with Gasteiger partial charge in [0.15, 0.2) is 0 Å². The summed E-state index contributed by atoms with van der Waals surface area (Å²) in [6.45, 7) is 4.30. The second-order valence-corrected chi connectivity index (χ2v) is 6.13. The van der Waals surface area contributed by atoms with E-state index in [0.717, 1.165) is 12.2 Å². The SMILES string of the molecule is CCc1ccsc1C(Br)c1cc(C)ccc1OC. The van der Waals surface area contributed by atoms with Crippen molar-refractivity contribution in [2.45, 2.75) is 25.1 Å². The number of rotatable bonds is 4. The molecule has 0 N–H and O–H groups in total. The van der Waals surface area contributed by atoms with Crippen molar-refractivity contribution in [3.63, 3.8) is 0 Å². The topological polar surface area (TPSA) is 9.23 Å². The average molecular weight is 325 g/mol. The van der Waals surface area contributed by atoms with Crippen molar-refractivity contribution in [1.29, 1.82) is 0 Å². The largest absolute Gasteiger partial charge is 0.496 e. The van der Waals surface area contributed by atoms with Gasteiger partial charge >= 0.3 is 0 Å². The minimum absolute atomic E-state index is 0.210. The Bertz CT molecular complexity index is 533. The molecule has 0 aliphatic carbocycles. The minimum atomic E-state index is 0.210. The van der Waals surface area contributed by atoms with E-state index in [-0.39, 0.29) is 4.83 Å². The van der Waals surface area contributed by atoms with Crippen LogP contribution in [0.1, 0.15) is 33.3 Å². The monoisotopic (exact) mass is 324 g/mol. The van der Waals surface area contributed by atoms with Crippen molar-refractivity contribution in [1.82, 2.24) is 0 Å². The first-order chi connectivity index (χ1) is 8.67. The fraction of sp³-hybridized carbons (Fsp3) is 0.333. The fourth-order valence-electron chi connectivity index (χ4n) is 2.05. The van der Waals surface area contributed by atoms with Gasteiger partial charge in [0, 0.05) is 10.4 Å². The van der Waals surface area contributed by atoms with E-state index in [1.807, 2.05) is 6.07 Å². The van der Waals surface area contributed by atoms with Gasteiger partial charge in [0.2, 0.25) is 0 Å². The third kappa shape index (κ3) is 2.62. The van der Waals surface area contributed by atoms with Gasteiger partial charge in [-0.2, -0.15) is 0 Å². The van der Waals surface area contributed by atoms with E-state index in [4.69, 9.17) is 4.74 Å². The Morgan fingerprint density at radius 2 is 2.11 bits per heavy atom. The van der Waals surface area contributed by atoms with Crippen molar-refractivity contribution in [3.05, 3.63) is 51.2 Å². The van der Waals surface area contributed by atoms with E-state index in [9.17, 15) is 0 Å². The molecule has 1 aromatic heterocycles. The molecule has 2 aromatic rings. The summed E-state index contributed by atoms with van der Waals surface area (Å²) in [5.74, 6) is 0.943. The van der Waals surface area contributed by atoms with Crippen LogP contribution in [0.5, 0.6) is 5.75 Å². The van der Waals surface area contributed by atoms with Gasteiger partial charge in [-0.15, -0.1) is 11.3 Å². The fourth-order valence-corrected chi connectivity index (χ4v) is 4.02. The standard InChI is InChI=1S/C15H17BrOS/c1-4-11-7-8-18-15(11)14(16)12-9-10(2)5-6-13(12)17-3/h5-9,14H,4H2,1-3H3. The molecule has 0 saturated carbocycles. The summed E-state index contributed by atoms with van der Waals surface area (Å²) in [4.78, 5) is 1.59. The number of hydrogen-bond donors (Lipinski definition) is 0. The van der Waals surface area contributed by atoms with Crippen LogP contribution >= 0.6 is 27.3 Å². The first-order valence-corrected chi connectivity index (χ1v) is 7.81. The lowest BCUT2D eigenvalue weighted by atomic mass is 10.0. The number of thiophene rings is 1. The Kier molecular flexibility index (Phi) is 4.46. The maximum Gasteiger partial charge on any atom is 0.123 e. The van der Waals surface area contributed by atoms with Gasteiger partial charge in [-0.25, -0.2) is 0 Å². The highest BCUT2D eigenvalue weighted by Gasteiger charge is 2.19. The lowest BCUT2D eigenvalue weighted by Crippen LogP contribution is -1.98. The van der Waals surface area contributed by atoms with Crippen molar-refractivity contribution in [2.75, 3.05) is 7.11 Å². The molecule has 0 bridgehead atoms. The molecule has 1 heterocycles. The van der Waals surface area contributed by atoms with Gasteiger partial charge in [-0.05, 0) is 36.4 Å². The van der Waals surface area contributed by atoms with Crippen LogP contribution in [0, 0.1) is 6.92 Å². The van der Waals surface area contributed by atoms with Crippen molar-refractivity contribution in [3.8, 4) is 5.75 Å². The quantitative estimate of drug-likeness (QED) is 0.710. The molecule has 0 spiro atoms. The predicted octanol–water partition coefficient (Wildman–Crippen LogP) is 5.11. The van der Waals surface area contributed by atoms with E-state index in [2.05, 4.69) is 53.4 Å². The molecule has 96 valence electrons. The van der Waals surface area contributed by atoms with Crippen LogP contribution < -0.4 is 4.74 Å². The molecule has 0 saturated heterocycles. The highest BCUT2D eigenvalue weighted by atomic mass is 79.9. The van der Waals surface area contributed by atoms with Crippen LogP contribution in [0.3, 0.4) is 0 Å². The highest BCUT2D eigenvalue weighted by molar-refractivity contribution is 9.09. The Morgan fingerprint density at radius 3 is 2.78 bits per heavy atom. The minimum Gasteiger partial charge on any atom is -0.496 e. The smallest absolute Gasteiger partial charge is 0.123 e. The van der Waals surface area contributed by atoms with E-state index in [1.54, 1.807) is 18.4 Å². The molecule has 0 aliphatic rings. The Balaban J connectivity index is 2.45. The number of methoxy groups -OCH3 is 1. The van der Waals surface area contributed by atoms with Gasteiger partial charge in [0.1, 0.15) is 5.75 Å². The Morgan fingerprint density at radius 1 is 1.33 bits per heavy atom. The summed E-state index contributed by atoms with van der Waals surface area (Å²) in [6.07, 6.45) is 1.06. The normalized spacial score (nSPS) is 12.4. The second-order valence-electron chi connectivity index (χ2n) is 4.27. The third-order valence-electron chi connectivity index (χ3n) is 3.05. The summed E-state index contributed by atoms with van der Waals surface area (Å²) in [5, 5.41) is 2.16. The zero-order chi connectivity index (χ0) is 13.1. The number of benzene rings is 1. The van der Waals surface area contributed by atoms with Crippen LogP contribution in [-0.2, 0) is 6.42 Å². The molecule has 1 aromatic carbocycles. The van der Waals surface area contributed by atoms with Crippen molar-refractivity contribution in [2.24, 2.45) is 0 Å². The van der Waals surface area contributed by atoms with Gasteiger partial charge in [0.25, 0.3) is 0 Å². The van der Waals surface area contributed by atoms with E-state index >= 15 is 0 Å². The number of halogens is 1. The average Bonchev–Trinajstić information content (AvgIpc) is 2.86. The molecule has 3 heteroatoms. The second kappa shape index (κ2) is 5.89. The van der Waals surface area contributed by atoms with Gasteiger partial charge in [-0.3, -0.25) is 0 Å². The molecule has 0 fully saturated rings. The zero-order valence-corrected chi connectivity index (χ0v) is 13.3. The summed E-state index contributed by atoms with van der Waals surface area (Å²) in [7, 11) is 1.73.